The van der Waals surface area contributed by atoms with Crippen LogP contribution in [0, 0.1) is 0 Å². The number of benzene rings is 2. The Morgan fingerprint density at radius 3 is 2.16 bits per heavy atom. The van der Waals surface area contributed by atoms with Crippen LogP contribution in [0.3, 0.4) is 0 Å². The molecule has 0 aliphatic rings. The Labute approximate surface area is 215 Å². The smallest absolute Gasteiger partial charge is 0.418 e. The largest absolute Gasteiger partial charge is 0.467 e. The number of anilines is 1. The van der Waals surface area contributed by atoms with E-state index in [0.29, 0.717) is 5.76 Å². The van der Waals surface area contributed by atoms with Gasteiger partial charge in [0.1, 0.15) is 11.8 Å². The highest BCUT2D eigenvalue weighted by molar-refractivity contribution is 6.04. The highest BCUT2D eigenvalue weighted by atomic mass is 19.4. The molecule has 0 aliphatic heterocycles. The predicted octanol–water partition coefficient (Wildman–Crippen LogP) is 4.71. The molecule has 0 saturated heterocycles. The second kappa shape index (κ2) is 11.5. The van der Waals surface area contributed by atoms with Gasteiger partial charge in [0.05, 0.1) is 36.9 Å². The molecule has 0 radical (unpaired) electrons. The van der Waals surface area contributed by atoms with Crippen LogP contribution in [-0.2, 0) is 22.3 Å². The fourth-order valence-corrected chi connectivity index (χ4v) is 3.81. The minimum absolute atomic E-state index is 0.0622. The molecule has 8 nitrogen and oxygen atoms in total. The molecular weight excluding hydrogens is 503 g/mol. The molecule has 0 fully saturated rings. The minimum Gasteiger partial charge on any atom is -0.467 e. The maximum atomic E-state index is 14.0. The van der Waals surface area contributed by atoms with Crippen LogP contribution in [0.25, 0.3) is 0 Å². The van der Waals surface area contributed by atoms with Crippen LogP contribution in [0.4, 0.5) is 18.9 Å². The lowest BCUT2D eigenvalue weighted by Gasteiger charge is -2.33. The topological polar surface area (TPSA) is 105 Å². The molecule has 0 bridgehead atoms. The van der Waals surface area contributed by atoms with Crippen LogP contribution in [0.15, 0.2) is 100 Å². The van der Waals surface area contributed by atoms with Crippen molar-refractivity contribution in [3.63, 3.8) is 0 Å². The maximum Gasteiger partial charge on any atom is 0.418 e. The SMILES string of the molecule is O=C(NCC(=O)N(c1ccccc1C(F)(F)F)C(C(=O)NCc1ccco1)c1ccccc1)c1ccco1. The second-order valence-corrected chi connectivity index (χ2v) is 8.05. The van der Waals surface area contributed by atoms with Gasteiger partial charge in [-0.05, 0) is 42.0 Å². The number of furan rings is 2. The first kappa shape index (κ1) is 26.3. The summed E-state index contributed by atoms with van der Waals surface area (Å²) in [6.45, 7) is -0.770. The summed E-state index contributed by atoms with van der Waals surface area (Å²) in [7, 11) is 0. The zero-order valence-electron chi connectivity index (χ0n) is 19.8. The molecule has 0 saturated carbocycles. The van der Waals surface area contributed by atoms with Crippen LogP contribution in [0.5, 0.6) is 0 Å². The first-order valence-electron chi connectivity index (χ1n) is 11.4. The van der Waals surface area contributed by atoms with Crippen LogP contribution in [-0.4, -0.2) is 24.3 Å². The number of nitrogens with zero attached hydrogens (tertiary/aromatic N) is 1. The van der Waals surface area contributed by atoms with E-state index in [0.717, 1.165) is 17.0 Å². The highest BCUT2D eigenvalue weighted by Crippen LogP contribution is 2.39. The van der Waals surface area contributed by atoms with E-state index in [1.165, 1.54) is 48.9 Å². The van der Waals surface area contributed by atoms with Crippen LogP contribution < -0.4 is 15.5 Å². The van der Waals surface area contributed by atoms with Gasteiger partial charge in [0, 0.05) is 0 Å². The van der Waals surface area contributed by atoms with Crippen molar-refractivity contribution in [3.8, 4) is 0 Å². The number of carbonyl (C=O) groups is 3. The lowest BCUT2D eigenvalue weighted by Crippen LogP contribution is -2.48. The number of hydrogen-bond donors (Lipinski definition) is 2. The third-order valence-electron chi connectivity index (χ3n) is 5.52. The summed E-state index contributed by atoms with van der Waals surface area (Å²) in [4.78, 5) is 40.2. The summed E-state index contributed by atoms with van der Waals surface area (Å²) < 4.78 is 52.3. The third kappa shape index (κ3) is 6.12. The first-order valence-corrected chi connectivity index (χ1v) is 11.4. The van der Waals surface area contributed by atoms with E-state index in [4.69, 9.17) is 8.83 Å². The van der Waals surface area contributed by atoms with Crippen LogP contribution in [0.2, 0.25) is 0 Å². The normalized spacial score (nSPS) is 12.0. The number of halogens is 3. The number of amides is 3. The van der Waals surface area contributed by atoms with Gasteiger partial charge >= 0.3 is 6.18 Å². The van der Waals surface area contributed by atoms with Gasteiger partial charge in [-0.2, -0.15) is 13.2 Å². The Morgan fingerprint density at radius 2 is 1.50 bits per heavy atom. The average Bonchev–Trinajstić information content (AvgIpc) is 3.64. The molecule has 196 valence electrons. The molecule has 1 unspecified atom stereocenters. The fourth-order valence-electron chi connectivity index (χ4n) is 3.81. The standard InChI is InChI=1S/C27H22F3N3O5/c28-27(29,30)20-11-4-5-12-21(20)33(23(34)17-32-25(35)22-13-7-15-38-22)24(18-8-2-1-3-9-18)26(36)31-16-19-10-6-14-37-19/h1-15,24H,16-17H2,(H,31,36)(H,32,35). The molecule has 38 heavy (non-hydrogen) atoms. The van der Waals surface area contributed by atoms with Gasteiger partial charge in [-0.25, -0.2) is 0 Å². The van der Waals surface area contributed by atoms with Gasteiger partial charge in [-0.3, -0.25) is 19.3 Å². The predicted molar refractivity (Wildman–Crippen MR) is 130 cm³/mol. The van der Waals surface area contributed by atoms with Gasteiger partial charge in [0.15, 0.2) is 5.76 Å². The molecule has 4 rings (SSSR count). The Hall–Kier alpha value is -4.80. The molecule has 2 aromatic carbocycles. The molecule has 11 heteroatoms. The quantitative estimate of drug-likeness (QED) is 0.329. The number of rotatable bonds is 9. The van der Waals surface area contributed by atoms with Crippen molar-refractivity contribution in [2.75, 3.05) is 11.4 Å². The Bertz CT molecular complexity index is 1370. The number of carbonyl (C=O) groups excluding carboxylic acids is 3. The van der Waals surface area contributed by atoms with Crippen molar-refractivity contribution in [2.45, 2.75) is 18.8 Å². The monoisotopic (exact) mass is 525 g/mol. The van der Waals surface area contributed by atoms with E-state index in [9.17, 15) is 27.6 Å². The van der Waals surface area contributed by atoms with E-state index in [-0.39, 0.29) is 17.9 Å². The van der Waals surface area contributed by atoms with Gasteiger partial charge in [-0.1, -0.05) is 42.5 Å². The highest BCUT2D eigenvalue weighted by Gasteiger charge is 2.40. The zero-order valence-corrected chi connectivity index (χ0v) is 19.8. The van der Waals surface area contributed by atoms with Gasteiger partial charge in [0.25, 0.3) is 5.91 Å². The molecule has 2 aromatic heterocycles. The summed E-state index contributed by atoms with van der Waals surface area (Å²) in [5, 5.41) is 4.97. The van der Waals surface area contributed by atoms with Gasteiger partial charge in [-0.15, -0.1) is 0 Å². The number of nitrogens with one attached hydrogen (secondary N) is 2. The third-order valence-corrected chi connectivity index (χ3v) is 5.52. The van der Waals surface area contributed by atoms with E-state index >= 15 is 0 Å². The molecule has 0 spiro atoms. The molecule has 2 N–H and O–H groups in total. The molecule has 4 aromatic rings. The van der Waals surface area contributed by atoms with Crippen molar-refractivity contribution < 1.29 is 36.4 Å². The van der Waals surface area contributed by atoms with Crippen molar-refractivity contribution in [2.24, 2.45) is 0 Å². The number of hydrogen-bond acceptors (Lipinski definition) is 5. The van der Waals surface area contributed by atoms with E-state index < -0.39 is 47.7 Å². The lowest BCUT2D eigenvalue weighted by molar-refractivity contribution is -0.137. The van der Waals surface area contributed by atoms with E-state index in [2.05, 4.69) is 10.6 Å². The summed E-state index contributed by atoms with van der Waals surface area (Å²) in [6.07, 6.45) is -2.16. The van der Waals surface area contributed by atoms with Crippen LogP contribution in [0.1, 0.15) is 33.5 Å². The summed E-state index contributed by atoms with van der Waals surface area (Å²) in [5.74, 6) is -2.13. The molecule has 2 heterocycles. The number of alkyl halides is 3. The Morgan fingerprint density at radius 1 is 0.816 bits per heavy atom. The fraction of sp³-hybridized carbons (Fsp3) is 0.148. The maximum absolute atomic E-state index is 14.0. The molecular formula is C27H22F3N3O5. The molecule has 0 aliphatic carbocycles. The Kier molecular flexibility index (Phi) is 7.95. The van der Waals surface area contributed by atoms with Crippen molar-refractivity contribution in [3.05, 3.63) is 114 Å². The van der Waals surface area contributed by atoms with E-state index in [1.54, 1.807) is 30.3 Å². The zero-order chi connectivity index (χ0) is 27.1. The van der Waals surface area contributed by atoms with Crippen molar-refractivity contribution >= 4 is 23.4 Å². The van der Waals surface area contributed by atoms with E-state index in [1.807, 2.05) is 0 Å². The van der Waals surface area contributed by atoms with Crippen molar-refractivity contribution in [1.82, 2.24) is 10.6 Å². The average molecular weight is 525 g/mol. The Balaban J connectivity index is 1.75. The van der Waals surface area contributed by atoms with Gasteiger partial charge in [0.2, 0.25) is 11.8 Å². The molecule has 3 amide bonds. The summed E-state index contributed by atoms with van der Waals surface area (Å²) in [6, 6.07) is 16.9. The summed E-state index contributed by atoms with van der Waals surface area (Å²) >= 11 is 0. The lowest BCUT2D eigenvalue weighted by atomic mass is 10.0. The van der Waals surface area contributed by atoms with Crippen LogP contribution >= 0.6 is 0 Å². The molecule has 1 atom stereocenters. The first-order chi connectivity index (χ1) is 18.3. The van der Waals surface area contributed by atoms with Crippen molar-refractivity contribution in [1.29, 1.82) is 0 Å². The summed E-state index contributed by atoms with van der Waals surface area (Å²) in [5.41, 5.74) is -1.41. The number of para-hydroxylation sites is 1. The second-order valence-electron chi connectivity index (χ2n) is 8.05. The minimum atomic E-state index is -4.83. The van der Waals surface area contributed by atoms with Gasteiger partial charge < -0.3 is 19.5 Å².